The highest BCUT2D eigenvalue weighted by molar-refractivity contribution is 6.31. The van der Waals surface area contributed by atoms with Crippen molar-refractivity contribution in [1.29, 1.82) is 0 Å². The molecule has 0 aliphatic carbocycles. The molecular weight excluding hydrogens is 642 g/mol. The van der Waals surface area contributed by atoms with E-state index < -0.39 is 5.92 Å². The SMILES string of the molecule is COC(=O)CN1CCC(C2CCN(C(=O)C(CC(=O)N3CCC(N4Cc5ccccc5NC4=O)CC3)Cc3ccc(Cl)c(C)c3)CC2)CC1. The summed E-state index contributed by atoms with van der Waals surface area (Å²) in [6.07, 6.45) is 6.15. The summed E-state index contributed by atoms with van der Waals surface area (Å²) in [5.41, 5.74) is 3.94. The first-order chi connectivity index (χ1) is 23.7. The number of halogens is 1. The number of carbonyl (C=O) groups excluding carboxylic acids is 4. The molecule has 0 aromatic heterocycles. The van der Waals surface area contributed by atoms with Gasteiger partial charge in [0, 0.05) is 55.9 Å². The average Bonchev–Trinajstić information content (AvgIpc) is 3.12. The zero-order valence-electron chi connectivity index (χ0n) is 28.9. The van der Waals surface area contributed by atoms with Crippen molar-refractivity contribution in [3.8, 4) is 0 Å². The average molecular weight is 692 g/mol. The summed E-state index contributed by atoms with van der Waals surface area (Å²) in [7, 11) is 1.43. The molecule has 11 heteroatoms. The van der Waals surface area contributed by atoms with Crippen molar-refractivity contribution in [3.63, 3.8) is 0 Å². The summed E-state index contributed by atoms with van der Waals surface area (Å²) in [5, 5.41) is 3.70. The van der Waals surface area contributed by atoms with Crippen LogP contribution in [0, 0.1) is 24.7 Å². The van der Waals surface area contributed by atoms with Crippen LogP contribution in [0.1, 0.15) is 61.6 Å². The van der Waals surface area contributed by atoms with Crippen molar-refractivity contribution < 1.29 is 23.9 Å². The van der Waals surface area contributed by atoms with E-state index in [2.05, 4.69) is 10.2 Å². The normalized spacial score (nSPS) is 20.5. The fourth-order valence-electron chi connectivity index (χ4n) is 8.33. The lowest BCUT2D eigenvalue weighted by molar-refractivity contribution is -0.143. The van der Waals surface area contributed by atoms with Crippen molar-refractivity contribution in [2.75, 3.05) is 58.2 Å². The molecule has 1 atom stereocenters. The number of carbonyl (C=O) groups is 4. The van der Waals surface area contributed by atoms with Crippen LogP contribution in [0.2, 0.25) is 5.02 Å². The summed E-state index contributed by atoms with van der Waals surface area (Å²) in [6.45, 7) is 7.25. The van der Waals surface area contributed by atoms with Crippen molar-refractivity contribution in [1.82, 2.24) is 19.6 Å². The molecular formula is C38H50ClN5O5. The molecule has 10 nitrogen and oxygen atoms in total. The van der Waals surface area contributed by atoms with Gasteiger partial charge in [0.1, 0.15) is 0 Å². The maximum Gasteiger partial charge on any atom is 0.322 e. The highest BCUT2D eigenvalue weighted by Gasteiger charge is 2.36. The molecule has 1 N–H and O–H groups in total. The molecule has 4 heterocycles. The first-order valence-corrected chi connectivity index (χ1v) is 18.3. The molecule has 6 rings (SSSR count). The van der Waals surface area contributed by atoms with Gasteiger partial charge in [-0.1, -0.05) is 41.9 Å². The molecule has 0 bridgehead atoms. The minimum absolute atomic E-state index is 0.00419. The zero-order valence-corrected chi connectivity index (χ0v) is 29.6. The van der Waals surface area contributed by atoms with E-state index in [-0.39, 0.29) is 36.3 Å². The van der Waals surface area contributed by atoms with E-state index >= 15 is 0 Å². The van der Waals surface area contributed by atoms with Gasteiger partial charge in [0.15, 0.2) is 0 Å². The summed E-state index contributed by atoms with van der Waals surface area (Å²) in [5.74, 6) is 0.604. The molecule has 49 heavy (non-hydrogen) atoms. The number of piperidine rings is 3. The number of aryl methyl sites for hydroxylation is 1. The quantitative estimate of drug-likeness (QED) is 0.356. The first kappa shape index (κ1) is 35.2. The number of amides is 4. The van der Waals surface area contributed by atoms with Crippen LogP contribution in [0.25, 0.3) is 0 Å². The van der Waals surface area contributed by atoms with E-state index in [1.54, 1.807) is 0 Å². The zero-order chi connectivity index (χ0) is 34.5. The fourth-order valence-corrected chi connectivity index (χ4v) is 8.45. The van der Waals surface area contributed by atoms with Crippen LogP contribution < -0.4 is 5.32 Å². The number of benzene rings is 2. The maximum absolute atomic E-state index is 14.2. The summed E-state index contributed by atoms with van der Waals surface area (Å²) in [6, 6.07) is 13.7. The second kappa shape index (κ2) is 15.9. The van der Waals surface area contributed by atoms with Crippen LogP contribution in [0.4, 0.5) is 10.5 Å². The topological polar surface area (TPSA) is 102 Å². The molecule has 2 aromatic carbocycles. The summed E-state index contributed by atoms with van der Waals surface area (Å²) < 4.78 is 4.83. The summed E-state index contributed by atoms with van der Waals surface area (Å²) >= 11 is 6.32. The number of nitrogens with one attached hydrogen (secondary N) is 1. The molecule has 2 aromatic rings. The smallest absolute Gasteiger partial charge is 0.322 e. The van der Waals surface area contributed by atoms with Gasteiger partial charge in [-0.25, -0.2) is 4.79 Å². The van der Waals surface area contributed by atoms with Gasteiger partial charge in [-0.3, -0.25) is 19.3 Å². The van der Waals surface area contributed by atoms with Crippen LogP contribution in [0.5, 0.6) is 0 Å². The number of para-hydroxylation sites is 1. The van der Waals surface area contributed by atoms with Gasteiger partial charge < -0.3 is 24.8 Å². The van der Waals surface area contributed by atoms with Gasteiger partial charge in [0.05, 0.1) is 19.6 Å². The van der Waals surface area contributed by atoms with E-state index in [9.17, 15) is 19.2 Å². The number of ether oxygens (including phenoxy) is 1. The number of hydrogen-bond acceptors (Lipinski definition) is 6. The highest BCUT2D eigenvalue weighted by atomic mass is 35.5. The lowest BCUT2D eigenvalue weighted by atomic mass is 9.78. The van der Waals surface area contributed by atoms with Crippen molar-refractivity contribution in [2.24, 2.45) is 17.8 Å². The number of urea groups is 1. The number of hydrogen-bond donors (Lipinski definition) is 1. The van der Waals surface area contributed by atoms with E-state index in [0.29, 0.717) is 75.4 Å². The van der Waals surface area contributed by atoms with Crippen LogP contribution in [-0.2, 0) is 32.1 Å². The van der Waals surface area contributed by atoms with Gasteiger partial charge in [0.2, 0.25) is 11.8 Å². The van der Waals surface area contributed by atoms with Crippen molar-refractivity contribution >= 4 is 41.1 Å². The molecule has 0 saturated carbocycles. The van der Waals surface area contributed by atoms with Gasteiger partial charge in [0.25, 0.3) is 0 Å². The third kappa shape index (κ3) is 8.58. The third-order valence-corrected chi connectivity index (χ3v) is 11.7. The fraction of sp³-hybridized carbons (Fsp3) is 0.579. The Morgan fingerprint density at radius 3 is 2.22 bits per heavy atom. The largest absolute Gasteiger partial charge is 0.468 e. The number of fused-ring (bicyclic) bond motifs is 1. The van der Waals surface area contributed by atoms with Gasteiger partial charge >= 0.3 is 12.0 Å². The molecule has 4 amide bonds. The van der Waals surface area contributed by atoms with E-state index in [1.165, 1.54) is 7.11 Å². The van der Waals surface area contributed by atoms with Crippen LogP contribution in [0.3, 0.4) is 0 Å². The Hall–Kier alpha value is -3.63. The highest BCUT2D eigenvalue weighted by Crippen LogP contribution is 2.34. The van der Waals surface area contributed by atoms with Crippen LogP contribution in [-0.4, -0.2) is 102 Å². The Labute approximate surface area is 295 Å². The maximum atomic E-state index is 14.2. The van der Waals surface area contributed by atoms with Crippen LogP contribution >= 0.6 is 11.6 Å². The molecule has 3 saturated heterocycles. The molecule has 0 radical (unpaired) electrons. The standard InChI is InChI=1S/C38H50ClN5O5/c1-26-21-27(7-8-33(26)39)22-31(37(47)43-17-11-29(12-18-43)28-9-15-41(16-10-28)25-36(46)49-2)23-35(45)42-19-13-32(14-20-42)44-24-30-5-3-4-6-34(30)40-38(44)48/h3-8,21,28-29,31-32H,9-20,22-25H2,1-2H3,(H,40,48). The minimum atomic E-state index is -0.451. The molecule has 4 aliphatic heterocycles. The molecule has 0 spiro atoms. The molecule has 1 unspecified atom stereocenters. The number of nitrogens with zero attached hydrogens (tertiary/aromatic N) is 4. The van der Waals surface area contributed by atoms with Crippen molar-refractivity contribution in [2.45, 2.75) is 70.9 Å². The Morgan fingerprint density at radius 2 is 1.55 bits per heavy atom. The lowest BCUT2D eigenvalue weighted by Gasteiger charge is -2.41. The summed E-state index contributed by atoms with van der Waals surface area (Å²) in [4.78, 5) is 60.5. The Balaban J connectivity index is 1.04. The number of esters is 1. The number of likely N-dealkylation sites (tertiary alicyclic amines) is 3. The predicted molar refractivity (Wildman–Crippen MR) is 189 cm³/mol. The molecule has 3 fully saturated rings. The predicted octanol–water partition coefficient (Wildman–Crippen LogP) is 5.36. The molecule has 4 aliphatic rings. The van der Waals surface area contributed by atoms with E-state index in [1.807, 2.05) is 64.1 Å². The monoisotopic (exact) mass is 691 g/mol. The van der Waals surface area contributed by atoms with Gasteiger partial charge in [-0.15, -0.1) is 0 Å². The second-order valence-electron chi connectivity index (χ2n) is 14.4. The lowest BCUT2D eigenvalue weighted by Crippen LogP contribution is -2.51. The van der Waals surface area contributed by atoms with Crippen LogP contribution in [0.15, 0.2) is 42.5 Å². The molecule has 264 valence electrons. The van der Waals surface area contributed by atoms with E-state index in [4.69, 9.17) is 16.3 Å². The van der Waals surface area contributed by atoms with Gasteiger partial charge in [-0.05, 0) is 106 Å². The first-order valence-electron chi connectivity index (χ1n) is 17.9. The van der Waals surface area contributed by atoms with Crippen molar-refractivity contribution in [3.05, 3.63) is 64.2 Å². The third-order valence-electron chi connectivity index (χ3n) is 11.3. The Bertz CT molecular complexity index is 1510. The number of anilines is 1. The second-order valence-corrected chi connectivity index (χ2v) is 14.8. The van der Waals surface area contributed by atoms with E-state index in [0.717, 1.165) is 61.2 Å². The Morgan fingerprint density at radius 1 is 0.898 bits per heavy atom. The van der Waals surface area contributed by atoms with Gasteiger partial charge in [-0.2, -0.15) is 0 Å². The Kier molecular flexibility index (Phi) is 11.4. The number of methoxy groups -OCH3 is 1. The number of rotatable bonds is 9. The minimum Gasteiger partial charge on any atom is -0.468 e.